The molecule has 5 heteroatoms. The molecule has 1 heterocycles. The standard InChI is InChI=1S/C13H15F2NO2/c1-8(12-10(14)3-2-4-11(12)15)16-6-5-9(7-16)13(17)18/h2-4,8-9H,5-7H2,1H3,(H,17,18)/t8-,9-/m1/s1. The third kappa shape index (κ3) is 2.36. The lowest BCUT2D eigenvalue weighted by Gasteiger charge is -2.25. The first kappa shape index (κ1) is 13.0. The summed E-state index contributed by atoms with van der Waals surface area (Å²) in [6, 6.07) is 3.32. The second-order valence-electron chi connectivity index (χ2n) is 4.63. The molecule has 3 nitrogen and oxygen atoms in total. The first-order chi connectivity index (χ1) is 8.50. The van der Waals surface area contributed by atoms with E-state index in [1.165, 1.54) is 18.2 Å². The van der Waals surface area contributed by atoms with Gasteiger partial charge in [-0.25, -0.2) is 8.78 Å². The van der Waals surface area contributed by atoms with Crippen molar-refractivity contribution < 1.29 is 18.7 Å². The van der Waals surface area contributed by atoms with Crippen molar-refractivity contribution in [3.05, 3.63) is 35.4 Å². The van der Waals surface area contributed by atoms with E-state index in [0.717, 1.165) is 0 Å². The van der Waals surface area contributed by atoms with E-state index in [4.69, 9.17) is 5.11 Å². The zero-order valence-corrected chi connectivity index (χ0v) is 10.1. The average molecular weight is 255 g/mol. The van der Waals surface area contributed by atoms with Gasteiger partial charge >= 0.3 is 5.97 Å². The Bertz CT molecular complexity index is 444. The molecule has 1 aromatic carbocycles. The minimum Gasteiger partial charge on any atom is -0.481 e. The predicted octanol–water partition coefficient (Wildman–Crippen LogP) is 2.43. The van der Waals surface area contributed by atoms with E-state index < -0.39 is 29.6 Å². The van der Waals surface area contributed by atoms with Crippen LogP contribution in [0.15, 0.2) is 18.2 Å². The molecule has 18 heavy (non-hydrogen) atoms. The molecule has 0 radical (unpaired) electrons. The number of nitrogens with zero attached hydrogens (tertiary/aromatic N) is 1. The second kappa shape index (κ2) is 5.02. The van der Waals surface area contributed by atoms with E-state index in [-0.39, 0.29) is 5.56 Å². The zero-order chi connectivity index (χ0) is 13.3. The van der Waals surface area contributed by atoms with Crippen molar-refractivity contribution in [1.29, 1.82) is 0 Å². The van der Waals surface area contributed by atoms with Crippen LogP contribution in [0.2, 0.25) is 0 Å². The van der Waals surface area contributed by atoms with Gasteiger partial charge in [-0.3, -0.25) is 9.69 Å². The number of hydrogen-bond donors (Lipinski definition) is 1. The lowest BCUT2D eigenvalue weighted by molar-refractivity contribution is -0.141. The van der Waals surface area contributed by atoms with Crippen molar-refractivity contribution in [1.82, 2.24) is 4.90 Å². The van der Waals surface area contributed by atoms with Crippen molar-refractivity contribution in [2.45, 2.75) is 19.4 Å². The van der Waals surface area contributed by atoms with Gasteiger partial charge in [0.25, 0.3) is 0 Å². The number of carboxylic acids is 1. The zero-order valence-electron chi connectivity index (χ0n) is 10.1. The second-order valence-corrected chi connectivity index (χ2v) is 4.63. The lowest BCUT2D eigenvalue weighted by atomic mass is 10.1. The van der Waals surface area contributed by atoms with Gasteiger partial charge in [-0.2, -0.15) is 0 Å². The topological polar surface area (TPSA) is 40.5 Å². The van der Waals surface area contributed by atoms with Gasteiger partial charge in [-0.15, -0.1) is 0 Å². The molecule has 1 aromatic rings. The number of carbonyl (C=O) groups is 1. The summed E-state index contributed by atoms with van der Waals surface area (Å²) in [5, 5.41) is 8.92. The third-order valence-electron chi connectivity index (χ3n) is 3.53. The highest BCUT2D eigenvalue weighted by Gasteiger charge is 2.32. The van der Waals surface area contributed by atoms with E-state index in [1.54, 1.807) is 11.8 Å². The van der Waals surface area contributed by atoms with Crippen LogP contribution in [0.5, 0.6) is 0 Å². The van der Waals surface area contributed by atoms with Crippen LogP contribution in [-0.4, -0.2) is 29.1 Å². The van der Waals surface area contributed by atoms with Crippen molar-refractivity contribution >= 4 is 5.97 Å². The molecule has 2 atom stereocenters. The molecule has 98 valence electrons. The molecular formula is C13H15F2NO2. The molecule has 1 aliphatic rings. The Balaban J connectivity index is 2.18. The molecule has 0 aliphatic carbocycles. The van der Waals surface area contributed by atoms with Gasteiger partial charge in [0.1, 0.15) is 11.6 Å². The Hall–Kier alpha value is -1.49. The van der Waals surface area contributed by atoms with Crippen molar-refractivity contribution in [3.8, 4) is 0 Å². The molecule has 0 spiro atoms. The maximum atomic E-state index is 13.6. The van der Waals surface area contributed by atoms with Crippen LogP contribution in [0.1, 0.15) is 24.9 Å². The monoisotopic (exact) mass is 255 g/mol. The summed E-state index contributed by atoms with van der Waals surface area (Å²) in [6.07, 6.45) is 0.524. The summed E-state index contributed by atoms with van der Waals surface area (Å²) < 4.78 is 27.3. The summed E-state index contributed by atoms with van der Waals surface area (Å²) >= 11 is 0. The van der Waals surface area contributed by atoms with E-state index in [0.29, 0.717) is 19.5 Å². The van der Waals surface area contributed by atoms with Gasteiger partial charge in [0, 0.05) is 18.2 Å². The Morgan fingerprint density at radius 2 is 2.06 bits per heavy atom. The summed E-state index contributed by atoms with van der Waals surface area (Å²) in [5.41, 5.74) is 0.0172. The van der Waals surface area contributed by atoms with Crippen LogP contribution in [-0.2, 0) is 4.79 Å². The number of benzene rings is 1. The fraction of sp³-hybridized carbons (Fsp3) is 0.462. The van der Waals surface area contributed by atoms with Gasteiger partial charge in [0.05, 0.1) is 5.92 Å². The molecule has 1 N–H and O–H groups in total. The summed E-state index contributed by atoms with van der Waals surface area (Å²) in [5.74, 6) is -2.46. The number of likely N-dealkylation sites (tertiary alicyclic amines) is 1. The number of halogens is 2. The maximum Gasteiger partial charge on any atom is 0.307 e. The minimum absolute atomic E-state index is 0.0172. The van der Waals surface area contributed by atoms with Gasteiger partial charge in [0.2, 0.25) is 0 Å². The molecule has 0 aromatic heterocycles. The first-order valence-corrected chi connectivity index (χ1v) is 5.91. The molecule has 1 aliphatic heterocycles. The van der Waals surface area contributed by atoms with E-state index in [2.05, 4.69) is 0 Å². The fourth-order valence-electron chi connectivity index (χ4n) is 2.43. The Labute approximate surface area is 104 Å². The Morgan fingerprint density at radius 3 is 2.56 bits per heavy atom. The third-order valence-corrected chi connectivity index (χ3v) is 3.53. The van der Waals surface area contributed by atoms with Gasteiger partial charge in [-0.05, 0) is 32.0 Å². The summed E-state index contributed by atoms with van der Waals surface area (Å²) in [7, 11) is 0. The number of hydrogen-bond acceptors (Lipinski definition) is 2. The Kier molecular flexibility index (Phi) is 3.61. The van der Waals surface area contributed by atoms with Gasteiger partial charge < -0.3 is 5.11 Å². The average Bonchev–Trinajstić information content (AvgIpc) is 2.77. The highest BCUT2D eigenvalue weighted by atomic mass is 19.1. The molecule has 0 amide bonds. The fourth-order valence-corrected chi connectivity index (χ4v) is 2.43. The quantitative estimate of drug-likeness (QED) is 0.901. The predicted molar refractivity (Wildman–Crippen MR) is 62.1 cm³/mol. The molecular weight excluding hydrogens is 240 g/mol. The van der Waals surface area contributed by atoms with E-state index in [9.17, 15) is 13.6 Å². The highest BCUT2D eigenvalue weighted by molar-refractivity contribution is 5.70. The number of aliphatic carboxylic acids is 1. The molecule has 1 fully saturated rings. The van der Waals surface area contributed by atoms with Crippen molar-refractivity contribution in [2.24, 2.45) is 5.92 Å². The molecule has 0 saturated carbocycles. The van der Waals surface area contributed by atoms with E-state index >= 15 is 0 Å². The summed E-state index contributed by atoms with van der Waals surface area (Å²) in [4.78, 5) is 12.7. The Morgan fingerprint density at radius 1 is 1.44 bits per heavy atom. The van der Waals surface area contributed by atoms with Crippen LogP contribution < -0.4 is 0 Å². The maximum absolute atomic E-state index is 13.6. The number of rotatable bonds is 3. The van der Waals surface area contributed by atoms with Crippen LogP contribution in [0.25, 0.3) is 0 Å². The summed E-state index contributed by atoms with van der Waals surface area (Å²) in [6.45, 7) is 2.59. The molecule has 2 rings (SSSR count). The lowest BCUT2D eigenvalue weighted by Crippen LogP contribution is -2.27. The van der Waals surface area contributed by atoms with E-state index in [1.807, 2.05) is 0 Å². The largest absolute Gasteiger partial charge is 0.481 e. The molecule has 1 saturated heterocycles. The van der Waals surface area contributed by atoms with Crippen LogP contribution in [0, 0.1) is 17.6 Å². The highest BCUT2D eigenvalue weighted by Crippen LogP contribution is 2.30. The molecule has 0 unspecified atom stereocenters. The first-order valence-electron chi connectivity index (χ1n) is 5.91. The SMILES string of the molecule is C[C@H](c1c(F)cccc1F)N1CC[C@@H](C(=O)O)C1. The van der Waals surface area contributed by atoms with Gasteiger partial charge in [-0.1, -0.05) is 6.07 Å². The normalized spacial score (nSPS) is 22.1. The smallest absolute Gasteiger partial charge is 0.307 e. The minimum atomic E-state index is -0.848. The van der Waals surface area contributed by atoms with Crippen molar-refractivity contribution in [3.63, 3.8) is 0 Å². The van der Waals surface area contributed by atoms with Crippen LogP contribution in [0.4, 0.5) is 8.78 Å². The molecule has 0 bridgehead atoms. The van der Waals surface area contributed by atoms with Crippen LogP contribution in [0.3, 0.4) is 0 Å². The number of carboxylic acid groups (broad SMARTS) is 1. The van der Waals surface area contributed by atoms with Crippen molar-refractivity contribution in [2.75, 3.05) is 13.1 Å². The van der Waals surface area contributed by atoms with Gasteiger partial charge in [0.15, 0.2) is 0 Å². The van der Waals surface area contributed by atoms with Crippen LogP contribution >= 0.6 is 0 Å².